The van der Waals surface area contributed by atoms with Crippen LogP contribution in [0.2, 0.25) is 0 Å². The Bertz CT molecular complexity index is 404. The predicted octanol–water partition coefficient (Wildman–Crippen LogP) is 2.01. The molecule has 0 aliphatic heterocycles. The van der Waals surface area contributed by atoms with Gasteiger partial charge in [-0.05, 0) is 31.9 Å². The molecule has 1 aliphatic rings. The van der Waals surface area contributed by atoms with Gasteiger partial charge >= 0.3 is 0 Å². The minimum atomic E-state index is 0.336. The van der Waals surface area contributed by atoms with Crippen LogP contribution in [-0.4, -0.2) is 51.0 Å². The Labute approximate surface area is 127 Å². The molecular formula is C16H28N2O3. The first-order valence-corrected chi connectivity index (χ1v) is 7.75. The minimum Gasteiger partial charge on any atom is -0.463 e. The number of nitrogens with zero attached hydrogens (tertiary/aromatic N) is 1. The van der Waals surface area contributed by atoms with Crippen molar-refractivity contribution in [2.75, 3.05) is 34.0 Å². The van der Waals surface area contributed by atoms with Crippen LogP contribution in [0.3, 0.4) is 0 Å². The molecule has 1 fully saturated rings. The maximum Gasteiger partial charge on any atom is 0.118 e. The molecular weight excluding hydrogens is 268 g/mol. The van der Waals surface area contributed by atoms with E-state index in [9.17, 15) is 0 Å². The third-order valence-electron chi connectivity index (χ3n) is 3.83. The number of hydrogen-bond acceptors (Lipinski definition) is 5. The molecule has 1 aromatic rings. The van der Waals surface area contributed by atoms with Gasteiger partial charge < -0.3 is 19.2 Å². The maximum absolute atomic E-state index is 5.91. The lowest BCUT2D eigenvalue weighted by atomic mass is 10.2. The molecule has 2 rings (SSSR count). The van der Waals surface area contributed by atoms with Crippen molar-refractivity contribution >= 4 is 0 Å². The second kappa shape index (κ2) is 8.54. The summed E-state index contributed by atoms with van der Waals surface area (Å²) < 4.78 is 16.4. The fraction of sp³-hybridized carbons (Fsp3) is 0.750. The van der Waals surface area contributed by atoms with E-state index in [-0.39, 0.29) is 0 Å². The van der Waals surface area contributed by atoms with Crippen LogP contribution in [0.5, 0.6) is 0 Å². The van der Waals surface area contributed by atoms with E-state index >= 15 is 0 Å². The Balaban J connectivity index is 1.85. The molecule has 1 unspecified atom stereocenters. The zero-order chi connectivity index (χ0) is 15.1. The van der Waals surface area contributed by atoms with Crippen LogP contribution in [0.15, 0.2) is 16.5 Å². The molecule has 5 heteroatoms. The molecule has 1 N–H and O–H groups in total. The Morgan fingerprint density at radius 1 is 1.29 bits per heavy atom. The average molecular weight is 296 g/mol. The van der Waals surface area contributed by atoms with Gasteiger partial charge in [-0.15, -0.1) is 0 Å². The Morgan fingerprint density at radius 3 is 2.71 bits per heavy atom. The third kappa shape index (κ3) is 5.79. The van der Waals surface area contributed by atoms with Crippen LogP contribution in [-0.2, 0) is 22.6 Å². The van der Waals surface area contributed by atoms with Gasteiger partial charge in [-0.1, -0.05) is 0 Å². The van der Waals surface area contributed by atoms with Crippen LogP contribution in [0.25, 0.3) is 0 Å². The lowest BCUT2D eigenvalue weighted by molar-refractivity contribution is 0.0661. The van der Waals surface area contributed by atoms with Crippen LogP contribution in [0.4, 0.5) is 0 Å². The van der Waals surface area contributed by atoms with Gasteiger partial charge in [0.25, 0.3) is 0 Å². The van der Waals surface area contributed by atoms with Crippen molar-refractivity contribution in [3.05, 3.63) is 23.7 Å². The van der Waals surface area contributed by atoms with Crippen molar-refractivity contribution < 1.29 is 13.9 Å². The Morgan fingerprint density at radius 2 is 2.05 bits per heavy atom. The molecule has 0 bridgehead atoms. The standard InChI is InChI=1S/C16H28N2O3/c1-13(12-20-3)18(8-9-19-2)11-16-7-6-15(21-16)10-17-14-4-5-14/h6-7,13-14,17H,4-5,8-12H2,1-3H3. The van der Waals surface area contributed by atoms with E-state index in [1.54, 1.807) is 14.2 Å². The first-order valence-electron chi connectivity index (χ1n) is 7.75. The molecule has 1 heterocycles. The largest absolute Gasteiger partial charge is 0.463 e. The Kier molecular flexibility index (Phi) is 6.70. The summed E-state index contributed by atoms with van der Waals surface area (Å²) in [5, 5.41) is 3.47. The van der Waals surface area contributed by atoms with Crippen molar-refractivity contribution in [3.63, 3.8) is 0 Å². The van der Waals surface area contributed by atoms with Gasteiger partial charge in [0.2, 0.25) is 0 Å². The van der Waals surface area contributed by atoms with E-state index in [4.69, 9.17) is 13.9 Å². The number of rotatable bonds is 11. The van der Waals surface area contributed by atoms with Crippen molar-refractivity contribution in [3.8, 4) is 0 Å². The summed E-state index contributed by atoms with van der Waals surface area (Å²) in [5.74, 6) is 2.02. The zero-order valence-corrected chi connectivity index (χ0v) is 13.4. The van der Waals surface area contributed by atoms with E-state index in [0.29, 0.717) is 25.3 Å². The molecule has 1 aromatic heterocycles. The first kappa shape index (κ1) is 16.5. The van der Waals surface area contributed by atoms with Crippen LogP contribution in [0.1, 0.15) is 31.3 Å². The fourth-order valence-electron chi connectivity index (χ4n) is 2.35. The average Bonchev–Trinajstić information content (AvgIpc) is 3.20. The molecule has 0 amide bonds. The van der Waals surface area contributed by atoms with Crippen LogP contribution < -0.4 is 5.32 Å². The highest BCUT2D eigenvalue weighted by molar-refractivity contribution is 5.07. The molecule has 0 radical (unpaired) electrons. The van der Waals surface area contributed by atoms with E-state index in [0.717, 1.165) is 31.2 Å². The molecule has 0 saturated heterocycles. The van der Waals surface area contributed by atoms with E-state index in [2.05, 4.69) is 29.3 Å². The van der Waals surface area contributed by atoms with Gasteiger partial charge in [0, 0.05) is 32.8 Å². The molecule has 1 atom stereocenters. The van der Waals surface area contributed by atoms with Crippen molar-refractivity contribution in [2.24, 2.45) is 0 Å². The second-order valence-electron chi connectivity index (χ2n) is 5.79. The number of hydrogen-bond donors (Lipinski definition) is 1. The normalized spacial score (nSPS) is 16.6. The third-order valence-corrected chi connectivity index (χ3v) is 3.83. The second-order valence-corrected chi connectivity index (χ2v) is 5.79. The lowest BCUT2D eigenvalue weighted by Gasteiger charge is -2.27. The molecule has 0 aromatic carbocycles. The molecule has 120 valence electrons. The first-order chi connectivity index (χ1) is 10.2. The van der Waals surface area contributed by atoms with Crippen molar-refractivity contribution in [1.82, 2.24) is 10.2 Å². The summed E-state index contributed by atoms with van der Waals surface area (Å²) in [4.78, 5) is 2.32. The van der Waals surface area contributed by atoms with Gasteiger partial charge in [0.1, 0.15) is 11.5 Å². The number of ether oxygens (including phenoxy) is 2. The SMILES string of the molecule is COCCN(Cc1ccc(CNC2CC2)o1)C(C)COC. The summed E-state index contributed by atoms with van der Waals surface area (Å²) >= 11 is 0. The van der Waals surface area contributed by atoms with Gasteiger partial charge in [0.05, 0.1) is 26.3 Å². The van der Waals surface area contributed by atoms with Gasteiger partial charge in [0.15, 0.2) is 0 Å². The highest BCUT2D eigenvalue weighted by Crippen LogP contribution is 2.20. The van der Waals surface area contributed by atoms with Crippen LogP contribution in [0, 0.1) is 0 Å². The summed E-state index contributed by atoms with van der Waals surface area (Å²) in [6, 6.07) is 5.19. The quantitative estimate of drug-likeness (QED) is 0.677. The molecule has 21 heavy (non-hydrogen) atoms. The van der Waals surface area contributed by atoms with Crippen molar-refractivity contribution in [1.29, 1.82) is 0 Å². The summed E-state index contributed by atoms with van der Waals surface area (Å²) in [7, 11) is 3.47. The van der Waals surface area contributed by atoms with E-state index in [1.807, 2.05) is 0 Å². The predicted molar refractivity (Wildman–Crippen MR) is 82.2 cm³/mol. The lowest BCUT2D eigenvalue weighted by Crippen LogP contribution is -2.37. The highest BCUT2D eigenvalue weighted by Gasteiger charge is 2.21. The topological polar surface area (TPSA) is 46.9 Å². The number of nitrogens with one attached hydrogen (secondary N) is 1. The number of methoxy groups -OCH3 is 2. The van der Waals surface area contributed by atoms with Gasteiger partial charge in [-0.2, -0.15) is 0 Å². The van der Waals surface area contributed by atoms with Gasteiger partial charge in [-0.25, -0.2) is 0 Å². The zero-order valence-electron chi connectivity index (χ0n) is 13.4. The maximum atomic E-state index is 5.91. The monoisotopic (exact) mass is 296 g/mol. The van der Waals surface area contributed by atoms with Crippen molar-refractivity contribution in [2.45, 2.75) is 44.9 Å². The molecule has 0 spiro atoms. The summed E-state index contributed by atoms with van der Waals surface area (Å²) in [6.07, 6.45) is 2.60. The Hall–Kier alpha value is -0.880. The summed E-state index contributed by atoms with van der Waals surface area (Å²) in [6.45, 7) is 6.08. The molecule has 1 aliphatic carbocycles. The number of furan rings is 1. The van der Waals surface area contributed by atoms with Gasteiger partial charge in [-0.3, -0.25) is 4.90 Å². The highest BCUT2D eigenvalue weighted by atomic mass is 16.5. The molecule has 1 saturated carbocycles. The minimum absolute atomic E-state index is 0.336. The van der Waals surface area contributed by atoms with E-state index in [1.165, 1.54) is 12.8 Å². The fourth-order valence-corrected chi connectivity index (χ4v) is 2.35. The molecule has 5 nitrogen and oxygen atoms in total. The van der Waals surface area contributed by atoms with E-state index < -0.39 is 0 Å². The summed E-state index contributed by atoms with van der Waals surface area (Å²) in [5.41, 5.74) is 0. The smallest absolute Gasteiger partial charge is 0.118 e. The van der Waals surface area contributed by atoms with Crippen LogP contribution >= 0.6 is 0 Å².